The Kier molecular flexibility index (Phi) is 9.55. The van der Waals surface area contributed by atoms with Crippen molar-refractivity contribution in [3.8, 4) is 11.4 Å². The number of piperidine rings is 1. The topological polar surface area (TPSA) is 134 Å². The van der Waals surface area contributed by atoms with Crippen LogP contribution in [0.25, 0.3) is 11.4 Å². The highest BCUT2D eigenvalue weighted by Crippen LogP contribution is 2.25. The summed E-state index contributed by atoms with van der Waals surface area (Å²) in [5.41, 5.74) is 2.53. The number of aromatic nitrogens is 3. The zero-order valence-corrected chi connectivity index (χ0v) is 23.3. The molecule has 0 unspecified atom stereocenters. The van der Waals surface area contributed by atoms with Crippen molar-refractivity contribution in [2.24, 2.45) is 0 Å². The Balaban J connectivity index is 1.24. The van der Waals surface area contributed by atoms with Crippen LogP contribution in [-0.2, 0) is 9.47 Å². The van der Waals surface area contributed by atoms with Crippen molar-refractivity contribution < 1.29 is 19.1 Å². The van der Waals surface area contributed by atoms with E-state index in [4.69, 9.17) is 24.4 Å². The number of rotatable bonds is 9. The van der Waals surface area contributed by atoms with Crippen LogP contribution in [0.5, 0.6) is 0 Å². The standard InChI is InChI=1S/C29H36N8O4/c1-40-18-13-30-26(38)22-7-11-24(12-8-22)32-29(39)31-23-9-5-21(6-10-23)25-33-27(36-14-3-2-4-15-36)35-28(34-25)37-16-19-41-20-17-37/h5-12H,2-4,13-20H2,1H3,(H,30,38)(H2,31,32,39). The second kappa shape index (κ2) is 13.9. The summed E-state index contributed by atoms with van der Waals surface area (Å²) >= 11 is 0. The molecule has 216 valence electrons. The second-order valence-electron chi connectivity index (χ2n) is 9.89. The number of carbonyl (C=O) groups is 2. The van der Waals surface area contributed by atoms with Crippen LogP contribution in [0.15, 0.2) is 48.5 Å². The number of morpholine rings is 1. The lowest BCUT2D eigenvalue weighted by Gasteiger charge is -2.30. The maximum atomic E-state index is 12.6. The molecule has 0 atom stereocenters. The molecule has 2 saturated heterocycles. The van der Waals surface area contributed by atoms with Gasteiger partial charge in [-0.3, -0.25) is 4.79 Å². The van der Waals surface area contributed by atoms with E-state index >= 15 is 0 Å². The van der Waals surface area contributed by atoms with Crippen molar-refractivity contribution in [1.29, 1.82) is 0 Å². The maximum absolute atomic E-state index is 12.6. The molecule has 0 aliphatic carbocycles. The Morgan fingerprint density at radius 1 is 0.805 bits per heavy atom. The monoisotopic (exact) mass is 560 g/mol. The van der Waals surface area contributed by atoms with E-state index in [2.05, 4.69) is 25.8 Å². The molecule has 0 radical (unpaired) electrons. The average molecular weight is 561 g/mol. The van der Waals surface area contributed by atoms with Gasteiger partial charge >= 0.3 is 6.03 Å². The fraction of sp³-hybridized carbons (Fsp3) is 0.414. The fourth-order valence-corrected chi connectivity index (χ4v) is 4.69. The van der Waals surface area contributed by atoms with Gasteiger partial charge in [0.25, 0.3) is 5.91 Å². The van der Waals surface area contributed by atoms with E-state index in [-0.39, 0.29) is 5.91 Å². The van der Waals surface area contributed by atoms with Gasteiger partial charge in [0.1, 0.15) is 0 Å². The van der Waals surface area contributed by atoms with Crippen LogP contribution in [0.2, 0.25) is 0 Å². The lowest BCUT2D eigenvalue weighted by atomic mass is 10.1. The number of benzene rings is 2. The molecule has 2 aliphatic rings. The number of amides is 3. The van der Waals surface area contributed by atoms with E-state index < -0.39 is 6.03 Å². The van der Waals surface area contributed by atoms with Gasteiger partial charge in [-0.05, 0) is 67.8 Å². The minimum absolute atomic E-state index is 0.198. The Labute approximate surface area is 239 Å². The summed E-state index contributed by atoms with van der Waals surface area (Å²) in [6, 6.07) is 13.7. The molecule has 41 heavy (non-hydrogen) atoms. The third-order valence-electron chi connectivity index (χ3n) is 6.94. The van der Waals surface area contributed by atoms with Gasteiger partial charge in [-0.2, -0.15) is 15.0 Å². The molecule has 3 amide bonds. The molecule has 2 aliphatic heterocycles. The molecule has 2 fully saturated rings. The largest absolute Gasteiger partial charge is 0.383 e. The van der Waals surface area contributed by atoms with Crippen molar-refractivity contribution in [2.75, 3.05) is 80.1 Å². The summed E-state index contributed by atoms with van der Waals surface area (Å²) in [4.78, 5) is 43.5. The van der Waals surface area contributed by atoms with Crippen LogP contribution in [0, 0.1) is 0 Å². The first kappa shape index (κ1) is 28.2. The number of urea groups is 1. The molecule has 1 aromatic heterocycles. The van der Waals surface area contributed by atoms with Crippen molar-refractivity contribution in [2.45, 2.75) is 19.3 Å². The van der Waals surface area contributed by atoms with Crippen LogP contribution in [0.1, 0.15) is 29.6 Å². The first-order chi connectivity index (χ1) is 20.1. The van der Waals surface area contributed by atoms with Gasteiger partial charge in [-0.1, -0.05) is 0 Å². The maximum Gasteiger partial charge on any atom is 0.323 e. The smallest absolute Gasteiger partial charge is 0.323 e. The van der Waals surface area contributed by atoms with Crippen LogP contribution < -0.4 is 25.8 Å². The van der Waals surface area contributed by atoms with E-state index in [1.165, 1.54) is 6.42 Å². The van der Waals surface area contributed by atoms with E-state index in [0.29, 0.717) is 61.0 Å². The van der Waals surface area contributed by atoms with Crippen molar-refractivity contribution in [3.63, 3.8) is 0 Å². The summed E-state index contributed by atoms with van der Waals surface area (Å²) in [6.45, 7) is 5.53. The molecular formula is C29H36N8O4. The Morgan fingerprint density at radius 3 is 2.00 bits per heavy atom. The van der Waals surface area contributed by atoms with Gasteiger partial charge in [-0.15, -0.1) is 0 Å². The molecule has 2 aromatic carbocycles. The summed E-state index contributed by atoms with van der Waals surface area (Å²) in [7, 11) is 1.58. The highest BCUT2D eigenvalue weighted by molar-refractivity contribution is 6.00. The minimum Gasteiger partial charge on any atom is -0.383 e. The number of anilines is 4. The molecule has 5 rings (SSSR count). The van der Waals surface area contributed by atoms with Crippen molar-refractivity contribution >= 4 is 35.2 Å². The number of nitrogens with zero attached hydrogens (tertiary/aromatic N) is 5. The Morgan fingerprint density at radius 2 is 1.39 bits per heavy atom. The molecular weight excluding hydrogens is 524 g/mol. The molecule has 0 spiro atoms. The number of ether oxygens (including phenoxy) is 2. The van der Waals surface area contributed by atoms with E-state index in [1.807, 2.05) is 24.3 Å². The Hall–Kier alpha value is -4.29. The van der Waals surface area contributed by atoms with E-state index in [0.717, 1.165) is 44.6 Å². The number of hydrogen-bond acceptors (Lipinski definition) is 9. The van der Waals surface area contributed by atoms with Gasteiger partial charge in [0.15, 0.2) is 5.82 Å². The van der Waals surface area contributed by atoms with Gasteiger partial charge in [-0.25, -0.2) is 4.79 Å². The zero-order valence-electron chi connectivity index (χ0n) is 23.3. The average Bonchev–Trinajstić information content (AvgIpc) is 3.02. The van der Waals surface area contributed by atoms with E-state index in [9.17, 15) is 9.59 Å². The Bertz CT molecular complexity index is 1270. The predicted octanol–water partition coefficient (Wildman–Crippen LogP) is 3.39. The van der Waals surface area contributed by atoms with Gasteiger partial charge in [0.2, 0.25) is 11.9 Å². The number of methoxy groups -OCH3 is 1. The molecule has 12 heteroatoms. The highest BCUT2D eigenvalue weighted by Gasteiger charge is 2.21. The van der Waals surface area contributed by atoms with Gasteiger partial charge < -0.3 is 35.2 Å². The minimum atomic E-state index is -0.391. The van der Waals surface area contributed by atoms with E-state index in [1.54, 1.807) is 31.4 Å². The van der Waals surface area contributed by atoms with Gasteiger partial charge in [0.05, 0.1) is 19.8 Å². The van der Waals surface area contributed by atoms with Crippen LogP contribution in [-0.4, -0.2) is 86.5 Å². The predicted molar refractivity (Wildman–Crippen MR) is 158 cm³/mol. The molecule has 3 heterocycles. The lowest BCUT2D eigenvalue weighted by molar-refractivity contribution is 0.0937. The molecule has 0 saturated carbocycles. The third-order valence-corrected chi connectivity index (χ3v) is 6.94. The van der Waals surface area contributed by atoms with Crippen LogP contribution in [0.3, 0.4) is 0 Å². The third kappa shape index (κ3) is 7.68. The molecule has 3 aromatic rings. The lowest BCUT2D eigenvalue weighted by Crippen LogP contribution is -2.38. The first-order valence-corrected chi connectivity index (χ1v) is 14.0. The van der Waals surface area contributed by atoms with Crippen LogP contribution >= 0.6 is 0 Å². The normalized spacial score (nSPS) is 15.3. The van der Waals surface area contributed by atoms with Crippen LogP contribution in [0.4, 0.5) is 28.1 Å². The zero-order chi connectivity index (χ0) is 28.4. The first-order valence-electron chi connectivity index (χ1n) is 14.0. The van der Waals surface area contributed by atoms with Gasteiger partial charge in [0, 0.05) is 62.3 Å². The number of nitrogens with one attached hydrogen (secondary N) is 3. The molecule has 0 bridgehead atoms. The molecule has 12 nitrogen and oxygen atoms in total. The number of hydrogen-bond donors (Lipinski definition) is 3. The van der Waals surface area contributed by atoms with Crippen molar-refractivity contribution in [3.05, 3.63) is 54.1 Å². The fourth-order valence-electron chi connectivity index (χ4n) is 4.69. The summed E-state index contributed by atoms with van der Waals surface area (Å²) in [6.07, 6.45) is 3.49. The number of carbonyl (C=O) groups excluding carboxylic acids is 2. The summed E-state index contributed by atoms with van der Waals surface area (Å²) in [5, 5.41) is 8.39. The molecule has 3 N–H and O–H groups in total. The second-order valence-corrected chi connectivity index (χ2v) is 9.89. The van der Waals surface area contributed by atoms with Crippen molar-refractivity contribution in [1.82, 2.24) is 20.3 Å². The summed E-state index contributed by atoms with van der Waals surface area (Å²) < 4.78 is 10.5. The SMILES string of the molecule is COCCNC(=O)c1ccc(NC(=O)Nc2ccc(-c3nc(N4CCCCC4)nc(N4CCOCC4)n3)cc2)cc1. The quantitative estimate of drug-likeness (QED) is 0.337. The highest BCUT2D eigenvalue weighted by atomic mass is 16.5. The summed E-state index contributed by atoms with van der Waals surface area (Å²) in [5.74, 6) is 1.77.